The van der Waals surface area contributed by atoms with Crippen LogP contribution < -0.4 is 0 Å². The van der Waals surface area contributed by atoms with E-state index in [1.807, 2.05) is 39.8 Å². The summed E-state index contributed by atoms with van der Waals surface area (Å²) in [6.45, 7) is 45.4. The molecule has 0 saturated carbocycles. The molecule has 0 unspecified atom stereocenters. The van der Waals surface area contributed by atoms with Crippen molar-refractivity contribution in [2.45, 2.75) is 94.9 Å². The van der Waals surface area contributed by atoms with Crippen molar-refractivity contribution in [1.29, 1.82) is 0 Å². The lowest BCUT2D eigenvalue weighted by Crippen LogP contribution is -1.97. The maximum Gasteiger partial charge on any atom is -0.0277 e. The minimum absolute atomic E-state index is 1.02. The van der Waals surface area contributed by atoms with Gasteiger partial charge in [0, 0.05) is 0 Å². The lowest BCUT2D eigenvalue weighted by atomic mass is 9.89. The maximum absolute atomic E-state index is 3.97. The van der Waals surface area contributed by atoms with Crippen LogP contribution in [0.4, 0.5) is 0 Å². The standard InChI is InChI=1S/C10H16.C6H12.2C5H8.C4H8.C4H6/c1-8(2)10-7-5-4-6-9(10)3;1-5(2)6(3)4;1-4-5(2)3;1-3-5-4-2;1-4(2)3;1-3-4-2/h1,4-7H2,2-3H3;1-4H3;4H,1-2H2,3H3;3-5H,1H2,2H3;1H2,2-3H3;3-4H,1-2H2. The summed E-state index contributed by atoms with van der Waals surface area (Å²) in [5, 5.41) is 0. The Labute approximate surface area is 216 Å². The predicted octanol–water partition coefficient (Wildman–Crippen LogP) is 12.3. The molecule has 1 aliphatic carbocycles. The zero-order chi connectivity index (χ0) is 28.1. The highest BCUT2D eigenvalue weighted by molar-refractivity contribution is 5.32. The van der Waals surface area contributed by atoms with E-state index in [0.717, 1.165) is 5.57 Å². The summed E-state index contributed by atoms with van der Waals surface area (Å²) in [6, 6.07) is 0. The number of hydrogen-bond donors (Lipinski definition) is 0. The van der Waals surface area contributed by atoms with E-state index in [0.29, 0.717) is 0 Å². The van der Waals surface area contributed by atoms with E-state index < -0.39 is 0 Å². The van der Waals surface area contributed by atoms with Gasteiger partial charge in [0.2, 0.25) is 0 Å². The Balaban J connectivity index is -0.000000104. The van der Waals surface area contributed by atoms with E-state index in [1.54, 1.807) is 29.9 Å². The van der Waals surface area contributed by atoms with Gasteiger partial charge in [0.25, 0.3) is 0 Å². The smallest absolute Gasteiger partial charge is 0.0277 e. The van der Waals surface area contributed by atoms with Crippen molar-refractivity contribution in [1.82, 2.24) is 0 Å². The SMILES string of the molecule is C=C(C)C.C=C(C)C1=C(C)CCCC1.C=CC(=C)C.C=CC=C.C=CC=CC.CC(C)=C(C)C. The molecule has 0 fully saturated rings. The molecule has 0 atom stereocenters. The Morgan fingerprint density at radius 2 is 1.03 bits per heavy atom. The van der Waals surface area contributed by atoms with E-state index in [4.69, 9.17) is 0 Å². The Bertz CT molecular complexity index is 656. The number of rotatable bonds is 4. The molecule has 0 nitrogen and oxygen atoms in total. The highest BCUT2D eigenvalue weighted by Crippen LogP contribution is 2.28. The monoisotopic (exact) mass is 466 g/mol. The topological polar surface area (TPSA) is 0 Å². The molecule has 34 heavy (non-hydrogen) atoms. The molecule has 0 amide bonds. The van der Waals surface area contributed by atoms with Gasteiger partial charge in [0.05, 0.1) is 0 Å². The second-order valence-corrected chi connectivity index (χ2v) is 8.74. The molecular formula is C34H58. The summed E-state index contributed by atoms with van der Waals surface area (Å²) in [4.78, 5) is 0. The van der Waals surface area contributed by atoms with Crippen LogP contribution in [-0.4, -0.2) is 0 Å². The molecule has 0 N–H and O–H groups in total. The minimum atomic E-state index is 1.02. The molecule has 0 aromatic rings. The van der Waals surface area contributed by atoms with Crippen molar-refractivity contribution in [3.8, 4) is 0 Å². The summed E-state index contributed by atoms with van der Waals surface area (Å²) in [5.74, 6) is 0. The zero-order valence-corrected chi connectivity index (χ0v) is 24.7. The molecule has 0 heterocycles. The fraction of sp³-hybridized carbons (Fsp3) is 0.412. The molecule has 0 heteroatoms. The first-order chi connectivity index (χ1) is 15.7. The average Bonchev–Trinajstić information content (AvgIpc) is 2.75. The normalized spacial score (nSPS) is 10.8. The van der Waals surface area contributed by atoms with Crippen molar-refractivity contribution in [2.24, 2.45) is 0 Å². The molecular weight excluding hydrogens is 408 g/mol. The first-order valence-corrected chi connectivity index (χ1v) is 12.0. The molecule has 0 aromatic carbocycles. The van der Waals surface area contributed by atoms with Crippen LogP contribution in [0.1, 0.15) is 94.9 Å². The molecule has 0 aromatic heterocycles. The van der Waals surface area contributed by atoms with Crippen molar-refractivity contribution >= 4 is 0 Å². The molecule has 0 bridgehead atoms. The Kier molecular flexibility index (Phi) is 39.9. The molecule has 194 valence electrons. The summed E-state index contributed by atoms with van der Waals surface area (Å²) >= 11 is 0. The average molecular weight is 467 g/mol. The van der Waals surface area contributed by atoms with Crippen LogP contribution in [0.15, 0.2) is 122 Å². The maximum atomic E-state index is 3.97. The van der Waals surface area contributed by atoms with Crippen molar-refractivity contribution in [3.63, 3.8) is 0 Å². The van der Waals surface area contributed by atoms with Crippen LogP contribution >= 0.6 is 0 Å². The quantitative estimate of drug-likeness (QED) is 0.285. The van der Waals surface area contributed by atoms with Gasteiger partial charge in [-0.15, -0.1) is 6.58 Å². The second kappa shape index (κ2) is 32.6. The number of hydrogen-bond acceptors (Lipinski definition) is 0. The van der Waals surface area contributed by atoms with Gasteiger partial charge in [-0.2, -0.15) is 0 Å². The highest BCUT2D eigenvalue weighted by Gasteiger charge is 2.08. The fourth-order valence-corrected chi connectivity index (χ4v) is 1.77. The van der Waals surface area contributed by atoms with Gasteiger partial charge in [0.15, 0.2) is 0 Å². The third kappa shape index (κ3) is 51.8. The van der Waals surface area contributed by atoms with E-state index in [1.165, 1.54) is 53.5 Å². The minimum Gasteiger partial charge on any atom is -0.100 e. The Morgan fingerprint density at radius 1 is 0.676 bits per heavy atom. The van der Waals surface area contributed by atoms with E-state index in [-0.39, 0.29) is 0 Å². The third-order valence-corrected chi connectivity index (χ3v) is 4.10. The van der Waals surface area contributed by atoms with Crippen molar-refractivity contribution < 1.29 is 0 Å². The Morgan fingerprint density at radius 3 is 1.15 bits per heavy atom. The van der Waals surface area contributed by atoms with E-state index in [2.05, 4.69) is 87.6 Å². The van der Waals surface area contributed by atoms with Gasteiger partial charge >= 0.3 is 0 Å². The number of allylic oxidation sites excluding steroid dienone is 13. The molecule has 0 radical (unpaired) electrons. The van der Waals surface area contributed by atoms with Gasteiger partial charge in [-0.25, -0.2) is 0 Å². The van der Waals surface area contributed by atoms with Gasteiger partial charge < -0.3 is 0 Å². The molecule has 1 aliphatic rings. The van der Waals surface area contributed by atoms with Gasteiger partial charge in [0.1, 0.15) is 0 Å². The van der Waals surface area contributed by atoms with E-state index >= 15 is 0 Å². The van der Waals surface area contributed by atoms with Crippen LogP contribution in [-0.2, 0) is 0 Å². The van der Waals surface area contributed by atoms with Gasteiger partial charge in [-0.1, -0.05) is 109 Å². The van der Waals surface area contributed by atoms with Crippen molar-refractivity contribution in [2.75, 3.05) is 0 Å². The van der Waals surface area contributed by atoms with Crippen molar-refractivity contribution in [3.05, 3.63) is 122 Å². The molecule has 1 rings (SSSR count). The predicted molar refractivity (Wildman–Crippen MR) is 167 cm³/mol. The lowest BCUT2D eigenvalue weighted by molar-refractivity contribution is 0.677. The van der Waals surface area contributed by atoms with Gasteiger partial charge in [-0.3, -0.25) is 0 Å². The van der Waals surface area contributed by atoms with Crippen LogP contribution in [0.2, 0.25) is 0 Å². The molecule has 0 spiro atoms. The first-order valence-electron chi connectivity index (χ1n) is 12.0. The van der Waals surface area contributed by atoms with Crippen LogP contribution in [0, 0.1) is 0 Å². The highest BCUT2D eigenvalue weighted by atomic mass is 14.1. The summed E-state index contributed by atoms with van der Waals surface area (Å²) in [5.41, 5.74) is 9.41. The first kappa shape index (κ1) is 41.6. The second-order valence-electron chi connectivity index (χ2n) is 8.74. The fourth-order valence-electron chi connectivity index (χ4n) is 1.77. The van der Waals surface area contributed by atoms with Gasteiger partial charge in [-0.05, 0) is 100 Å². The van der Waals surface area contributed by atoms with Crippen LogP contribution in [0.5, 0.6) is 0 Å². The van der Waals surface area contributed by atoms with Crippen LogP contribution in [0.25, 0.3) is 0 Å². The summed E-state index contributed by atoms with van der Waals surface area (Å²) in [7, 11) is 0. The Hall–Kier alpha value is -2.60. The largest absolute Gasteiger partial charge is 0.100 e. The molecule has 0 saturated heterocycles. The molecule has 0 aliphatic heterocycles. The summed E-state index contributed by atoms with van der Waals surface area (Å²) in [6.07, 6.45) is 15.9. The third-order valence-electron chi connectivity index (χ3n) is 4.10. The van der Waals surface area contributed by atoms with E-state index in [9.17, 15) is 0 Å². The summed E-state index contributed by atoms with van der Waals surface area (Å²) < 4.78 is 0. The zero-order valence-electron chi connectivity index (χ0n) is 24.7. The lowest BCUT2D eigenvalue weighted by Gasteiger charge is -2.17. The van der Waals surface area contributed by atoms with Crippen LogP contribution in [0.3, 0.4) is 0 Å².